The van der Waals surface area contributed by atoms with Gasteiger partial charge in [-0.15, -0.1) is 0 Å². The lowest BCUT2D eigenvalue weighted by molar-refractivity contribution is -0.177. The van der Waals surface area contributed by atoms with Crippen LogP contribution in [0.2, 0.25) is 0 Å². The molecule has 0 saturated heterocycles. The summed E-state index contributed by atoms with van der Waals surface area (Å²) in [6, 6.07) is 7.57. The fraction of sp³-hybridized carbons (Fsp3) is 0.481. The third-order valence-electron chi connectivity index (χ3n) is 4.29. The Hall–Kier alpha value is -2.62. The molecule has 4 heteroatoms. The molecule has 1 aromatic rings. The number of ether oxygens (including phenoxy) is 2. The van der Waals surface area contributed by atoms with E-state index in [1.54, 1.807) is 33.8 Å². The number of benzene rings is 1. The summed E-state index contributed by atoms with van der Waals surface area (Å²) in [6.07, 6.45) is 8.55. The molecule has 0 saturated carbocycles. The minimum atomic E-state index is -1.45. The molecule has 1 rings (SSSR count). The summed E-state index contributed by atoms with van der Waals surface area (Å²) in [5.74, 6) is -1.18. The molecule has 0 amide bonds. The van der Waals surface area contributed by atoms with Crippen molar-refractivity contribution in [1.82, 2.24) is 0 Å². The first-order chi connectivity index (χ1) is 14.6. The number of rotatable bonds is 9. The van der Waals surface area contributed by atoms with Gasteiger partial charge in [-0.2, -0.15) is 0 Å². The molecule has 0 aliphatic heterocycles. The van der Waals surface area contributed by atoms with Crippen LogP contribution in [-0.2, 0) is 25.5 Å². The van der Waals surface area contributed by atoms with E-state index in [0.29, 0.717) is 0 Å². The van der Waals surface area contributed by atoms with Gasteiger partial charge in [0.2, 0.25) is 0 Å². The van der Waals surface area contributed by atoms with E-state index < -0.39 is 23.0 Å². The van der Waals surface area contributed by atoms with Crippen molar-refractivity contribution in [2.75, 3.05) is 6.61 Å². The second kappa shape index (κ2) is 13.6. The van der Waals surface area contributed by atoms with Gasteiger partial charge in [0.1, 0.15) is 12.2 Å². The van der Waals surface area contributed by atoms with Gasteiger partial charge < -0.3 is 9.47 Å². The van der Waals surface area contributed by atoms with Crippen LogP contribution in [0.4, 0.5) is 0 Å². The first-order valence-electron chi connectivity index (χ1n) is 11.0. The standard InChI is InChI=1S/C25H34O4.C2H6/c1-8-11-21(12-9-2)18-28-22(26)25(7,23(27)29-24(4,5)6)17-20-15-13-19(10-3)14-16-20;1-2/h8,10-16H,3,9,17-18H2,1-2,4-7H3;1-2H3/b11-8-,21-12+;. The van der Waals surface area contributed by atoms with E-state index in [-0.39, 0.29) is 13.0 Å². The Morgan fingerprint density at radius 1 is 1.03 bits per heavy atom. The first kappa shape index (κ1) is 28.4. The Morgan fingerprint density at radius 2 is 1.61 bits per heavy atom. The van der Waals surface area contributed by atoms with Crippen molar-refractivity contribution in [3.05, 3.63) is 65.8 Å². The highest BCUT2D eigenvalue weighted by molar-refractivity contribution is 6.00. The van der Waals surface area contributed by atoms with Gasteiger partial charge in [-0.1, -0.05) is 75.9 Å². The summed E-state index contributed by atoms with van der Waals surface area (Å²) in [5, 5.41) is 0. The molecule has 0 fully saturated rings. The number of hydrogen-bond donors (Lipinski definition) is 0. The lowest BCUT2D eigenvalue weighted by atomic mass is 9.83. The number of carbonyl (C=O) groups excluding carboxylic acids is 2. The van der Waals surface area contributed by atoms with Gasteiger partial charge in [0.05, 0.1) is 0 Å². The lowest BCUT2D eigenvalue weighted by Gasteiger charge is -2.30. The highest BCUT2D eigenvalue weighted by Crippen LogP contribution is 2.29. The summed E-state index contributed by atoms with van der Waals surface area (Å²) in [5.41, 5.74) is 0.555. The zero-order valence-corrected chi connectivity index (χ0v) is 20.6. The SMILES string of the molecule is C=Cc1ccc(CC(C)(C(=O)OCC(/C=C\C)=C/CC)C(=O)OC(C)(C)C)cc1.CC. The number of carbonyl (C=O) groups is 2. The smallest absolute Gasteiger partial charge is 0.324 e. The van der Waals surface area contributed by atoms with Crippen LogP contribution in [0.25, 0.3) is 6.08 Å². The third kappa shape index (κ3) is 9.82. The van der Waals surface area contributed by atoms with Crippen LogP contribution in [-0.4, -0.2) is 24.1 Å². The number of esters is 2. The minimum Gasteiger partial charge on any atom is -0.460 e. The van der Waals surface area contributed by atoms with Crippen LogP contribution in [0.1, 0.15) is 72.9 Å². The Labute approximate surface area is 189 Å². The zero-order chi connectivity index (χ0) is 24.1. The van der Waals surface area contributed by atoms with Crippen molar-refractivity contribution < 1.29 is 19.1 Å². The molecule has 1 aromatic carbocycles. The van der Waals surface area contributed by atoms with Crippen LogP contribution >= 0.6 is 0 Å². The van der Waals surface area contributed by atoms with Crippen LogP contribution in [0.5, 0.6) is 0 Å². The number of allylic oxidation sites excluding steroid dienone is 2. The summed E-state index contributed by atoms with van der Waals surface area (Å²) >= 11 is 0. The lowest BCUT2D eigenvalue weighted by Crippen LogP contribution is -2.44. The fourth-order valence-electron chi connectivity index (χ4n) is 2.76. The molecule has 0 spiro atoms. The van der Waals surface area contributed by atoms with Crippen molar-refractivity contribution in [1.29, 1.82) is 0 Å². The molecule has 172 valence electrons. The fourth-order valence-corrected chi connectivity index (χ4v) is 2.76. The van der Waals surface area contributed by atoms with E-state index in [9.17, 15) is 9.59 Å². The topological polar surface area (TPSA) is 52.6 Å². The summed E-state index contributed by atoms with van der Waals surface area (Å²) in [7, 11) is 0. The second-order valence-corrected chi connectivity index (χ2v) is 8.22. The molecular weight excluding hydrogens is 388 g/mol. The summed E-state index contributed by atoms with van der Waals surface area (Å²) < 4.78 is 11.1. The van der Waals surface area contributed by atoms with E-state index >= 15 is 0 Å². The molecule has 4 nitrogen and oxygen atoms in total. The highest BCUT2D eigenvalue weighted by Gasteiger charge is 2.46. The molecule has 1 atom stereocenters. The molecule has 1 unspecified atom stereocenters. The van der Waals surface area contributed by atoms with Crippen LogP contribution in [0.3, 0.4) is 0 Å². The van der Waals surface area contributed by atoms with E-state index in [2.05, 4.69) is 6.58 Å². The van der Waals surface area contributed by atoms with Crippen molar-refractivity contribution in [3.8, 4) is 0 Å². The normalized spacial score (nSPS) is 13.6. The van der Waals surface area contributed by atoms with E-state index in [1.165, 1.54) is 0 Å². The first-order valence-corrected chi connectivity index (χ1v) is 11.0. The molecule has 0 aliphatic carbocycles. The van der Waals surface area contributed by atoms with Crippen LogP contribution < -0.4 is 0 Å². The third-order valence-corrected chi connectivity index (χ3v) is 4.29. The molecule has 0 bridgehead atoms. The van der Waals surface area contributed by atoms with Crippen molar-refractivity contribution in [2.45, 2.75) is 73.8 Å². The Kier molecular flexibility index (Phi) is 12.5. The van der Waals surface area contributed by atoms with Gasteiger partial charge in [-0.25, -0.2) is 0 Å². The van der Waals surface area contributed by atoms with E-state index in [1.807, 2.05) is 70.2 Å². The largest absolute Gasteiger partial charge is 0.460 e. The van der Waals surface area contributed by atoms with Gasteiger partial charge in [0.25, 0.3) is 0 Å². The van der Waals surface area contributed by atoms with Gasteiger partial charge >= 0.3 is 11.9 Å². The predicted octanol–water partition coefficient (Wildman–Crippen LogP) is 6.70. The zero-order valence-electron chi connectivity index (χ0n) is 20.6. The molecular formula is C27H40O4. The molecule has 0 N–H and O–H groups in total. The highest BCUT2D eigenvalue weighted by atomic mass is 16.6. The monoisotopic (exact) mass is 428 g/mol. The Morgan fingerprint density at radius 3 is 2.06 bits per heavy atom. The predicted molar refractivity (Wildman–Crippen MR) is 130 cm³/mol. The summed E-state index contributed by atoms with van der Waals surface area (Å²) in [6.45, 7) is 18.7. The Balaban J connectivity index is 0.00000436. The molecule has 0 aliphatic rings. The molecule has 0 radical (unpaired) electrons. The number of hydrogen-bond acceptors (Lipinski definition) is 4. The summed E-state index contributed by atoms with van der Waals surface area (Å²) in [4.78, 5) is 26.0. The van der Waals surface area contributed by atoms with Gasteiger partial charge in [-0.3, -0.25) is 9.59 Å². The molecule has 31 heavy (non-hydrogen) atoms. The minimum absolute atomic E-state index is 0.116. The average molecular weight is 429 g/mol. The quantitative estimate of drug-likeness (QED) is 0.249. The van der Waals surface area contributed by atoms with Crippen molar-refractivity contribution >= 4 is 18.0 Å². The van der Waals surface area contributed by atoms with Crippen LogP contribution in [0, 0.1) is 5.41 Å². The van der Waals surface area contributed by atoms with Gasteiger partial charge in [-0.05, 0) is 64.2 Å². The maximum Gasteiger partial charge on any atom is 0.324 e. The molecule has 0 heterocycles. The maximum absolute atomic E-state index is 13.0. The van der Waals surface area contributed by atoms with Crippen molar-refractivity contribution in [3.63, 3.8) is 0 Å². The van der Waals surface area contributed by atoms with E-state index in [4.69, 9.17) is 9.47 Å². The van der Waals surface area contributed by atoms with Gasteiger partial charge in [0, 0.05) is 0 Å². The van der Waals surface area contributed by atoms with Gasteiger partial charge in [0.15, 0.2) is 5.41 Å². The molecule has 0 aromatic heterocycles. The van der Waals surface area contributed by atoms with Crippen LogP contribution in [0.15, 0.2) is 54.6 Å². The average Bonchev–Trinajstić information content (AvgIpc) is 2.72. The second-order valence-electron chi connectivity index (χ2n) is 8.22. The maximum atomic E-state index is 13.0. The van der Waals surface area contributed by atoms with E-state index in [0.717, 1.165) is 23.1 Å². The van der Waals surface area contributed by atoms with Crippen molar-refractivity contribution in [2.24, 2.45) is 5.41 Å². The Bertz CT molecular complexity index is 763.